The molecule has 5 nitrogen and oxygen atoms in total. The third-order valence-corrected chi connectivity index (χ3v) is 3.81. The van der Waals surface area contributed by atoms with Crippen molar-refractivity contribution in [3.05, 3.63) is 59.2 Å². The highest BCUT2D eigenvalue weighted by atomic mass is 16.5. The lowest BCUT2D eigenvalue weighted by atomic mass is 10.1. The molecule has 0 radical (unpaired) electrons. The maximum atomic E-state index is 12.3. The van der Waals surface area contributed by atoms with Crippen molar-refractivity contribution < 1.29 is 14.3 Å². The van der Waals surface area contributed by atoms with E-state index in [1.807, 2.05) is 44.2 Å². The fourth-order valence-electron chi connectivity index (χ4n) is 2.46. The van der Waals surface area contributed by atoms with E-state index in [2.05, 4.69) is 10.6 Å². The van der Waals surface area contributed by atoms with Gasteiger partial charge >= 0.3 is 0 Å². The van der Waals surface area contributed by atoms with Gasteiger partial charge in [-0.3, -0.25) is 9.59 Å². The van der Waals surface area contributed by atoms with Gasteiger partial charge in [-0.25, -0.2) is 0 Å². The first kappa shape index (κ1) is 18.5. The summed E-state index contributed by atoms with van der Waals surface area (Å²) in [5, 5.41) is 5.74. The van der Waals surface area contributed by atoms with Gasteiger partial charge in [0.1, 0.15) is 5.75 Å². The molecule has 0 aliphatic heterocycles. The lowest BCUT2D eigenvalue weighted by molar-refractivity contribution is -0.116. The smallest absolute Gasteiger partial charge is 0.251 e. The quantitative estimate of drug-likeness (QED) is 0.808. The number of carbonyl (C=O) groups is 2. The Balaban J connectivity index is 1.99. The predicted octanol–water partition coefficient (Wildman–Crippen LogP) is 3.67. The number of nitrogens with one attached hydrogen (secondary N) is 2. The van der Waals surface area contributed by atoms with Crippen LogP contribution < -0.4 is 15.4 Å². The number of rotatable bonds is 7. The highest BCUT2D eigenvalue weighted by Gasteiger charge is 2.09. The summed E-state index contributed by atoms with van der Waals surface area (Å²) in [4.78, 5) is 24.0. The van der Waals surface area contributed by atoms with E-state index < -0.39 is 0 Å². The van der Waals surface area contributed by atoms with Crippen LogP contribution in [0.1, 0.15) is 41.3 Å². The van der Waals surface area contributed by atoms with Crippen molar-refractivity contribution >= 4 is 17.5 Å². The minimum Gasteiger partial charge on any atom is -0.496 e. The van der Waals surface area contributed by atoms with Gasteiger partial charge in [-0.05, 0) is 48.7 Å². The Morgan fingerprint density at radius 1 is 1.12 bits per heavy atom. The Morgan fingerprint density at radius 3 is 2.64 bits per heavy atom. The van der Waals surface area contributed by atoms with E-state index in [1.54, 1.807) is 19.2 Å². The van der Waals surface area contributed by atoms with Crippen LogP contribution in [0.5, 0.6) is 5.75 Å². The average molecular weight is 340 g/mol. The SMILES string of the molecule is CCCC(=O)Nc1cccc(CNC(=O)c2ccc(C)c(OC)c2)c1. The van der Waals surface area contributed by atoms with Crippen LogP contribution in [0, 0.1) is 6.92 Å². The van der Waals surface area contributed by atoms with E-state index in [-0.39, 0.29) is 11.8 Å². The maximum absolute atomic E-state index is 12.3. The van der Waals surface area contributed by atoms with Gasteiger partial charge in [-0.15, -0.1) is 0 Å². The lowest BCUT2D eigenvalue weighted by Crippen LogP contribution is -2.23. The fraction of sp³-hybridized carbons (Fsp3) is 0.300. The lowest BCUT2D eigenvalue weighted by Gasteiger charge is -2.10. The highest BCUT2D eigenvalue weighted by Crippen LogP contribution is 2.19. The summed E-state index contributed by atoms with van der Waals surface area (Å²) in [5.41, 5.74) is 3.19. The van der Waals surface area contributed by atoms with E-state index in [1.165, 1.54) is 0 Å². The maximum Gasteiger partial charge on any atom is 0.251 e. The van der Waals surface area contributed by atoms with Gasteiger partial charge < -0.3 is 15.4 Å². The zero-order chi connectivity index (χ0) is 18.2. The monoisotopic (exact) mass is 340 g/mol. The van der Waals surface area contributed by atoms with Gasteiger partial charge in [0.15, 0.2) is 0 Å². The molecule has 0 spiro atoms. The summed E-state index contributed by atoms with van der Waals surface area (Å²) in [6, 6.07) is 12.8. The average Bonchev–Trinajstić information content (AvgIpc) is 2.60. The number of amides is 2. The predicted molar refractivity (Wildman–Crippen MR) is 98.9 cm³/mol. The summed E-state index contributed by atoms with van der Waals surface area (Å²) < 4.78 is 5.25. The van der Waals surface area contributed by atoms with Crippen LogP contribution in [0.25, 0.3) is 0 Å². The van der Waals surface area contributed by atoms with E-state index in [4.69, 9.17) is 4.74 Å². The molecule has 5 heteroatoms. The van der Waals surface area contributed by atoms with Gasteiger partial charge in [-0.1, -0.05) is 25.1 Å². The van der Waals surface area contributed by atoms with Gasteiger partial charge in [0, 0.05) is 24.2 Å². The third kappa shape index (κ3) is 5.35. The zero-order valence-corrected chi connectivity index (χ0v) is 14.9. The molecule has 0 aliphatic carbocycles. The Labute approximate surface area is 148 Å². The van der Waals surface area contributed by atoms with Gasteiger partial charge in [0.25, 0.3) is 5.91 Å². The summed E-state index contributed by atoms with van der Waals surface area (Å²) >= 11 is 0. The van der Waals surface area contributed by atoms with Crippen molar-refractivity contribution in [3.63, 3.8) is 0 Å². The number of hydrogen-bond donors (Lipinski definition) is 2. The van der Waals surface area contributed by atoms with Crippen LogP contribution in [0.3, 0.4) is 0 Å². The Kier molecular flexibility index (Phi) is 6.57. The first-order valence-electron chi connectivity index (χ1n) is 8.35. The number of ether oxygens (including phenoxy) is 1. The highest BCUT2D eigenvalue weighted by molar-refractivity contribution is 5.94. The third-order valence-electron chi connectivity index (χ3n) is 3.81. The molecule has 0 saturated heterocycles. The van der Waals surface area contributed by atoms with Crippen molar-refractivity contribution in [1.29, 1.82) is 0 Å². The van der Waals surface area contributed by atoms with E-state index in [9.17, 15) is 9.59 Å². The molecule has 0 atom stereocenters. The zero-order valence-electron chi connectivity index (χ0n) is 14.9. The van der Waals surface area contributed by atoms with Crippen LogP contribution in [0.4, 0.5) is 5.69 Å². The largest absolute Gasteiger partial charge is 0.496 e. The normalized spacial score (nSPS) is 10.2. The van der Waals surface area contributed by atoms with Crippen molar-refractivity contribution in [2.45, 2.75) is 33.2 Å². The summed E-state index contributed by atoms with van der Waals surface area (Å²) in [5.74, 6) is 0.516. The number of aryl methyl sites for hydroxylation is 1. The molecule has 0 aromatic heterocycles. The minimum absolute atomic E-state index is 0.00423. The van der Waals surface area contributed by atoms with Gasteiger partial charge in [0.2, 0.25) is 5.91 Å². The number of hydrogen-bond acceptors (Lipinski definition) is 3. The molecule has 0 aliphatic rings. The molecule has 0 bridgehead atoms. The molecule has 2 amide bonds. The van der Waals surface area contributed by atoms with Crippen molar-refractivity contribution in [2.24, 2.45) is 0 Å². The van der Waals surface area contributed by atoms with Crippen molar-refractivity contribution in [1.82, 2.24) is 5.32 Å². The number of carbonyl (C=O) groups excluding carboxylic acids is 2. The molecular formula is C20H24N2O3. The number of anilines is 1. The van der Waals surface area contributed by atoms with E-state index in [0.29, 0.717) is 24.3 Å². The van der Waals surface area contributed by atoms with Crippen LogP contribution in [0.2, 0.25) is 0 Å². The molecular weight excluding hydrogens is 316 g/mol. The molecule has 0 saturated carbocycles. The fourth-order valence-corrected chi connectivity index (χ4v) is 2.46. The van der Waals surface area contributed by atoms with Crippen LogP contribution in [0.15, 0.2) is 42.5 Å². The summed E-state index contributed by atoms with van der Waals surface area (Å²) in [7, 11) is 1.59. The first-order valence-corrected chi connectivity index (χ1v) is 8.35. The summed E-state index contributed by atoms with van der Waals surface area (Å²) in [6.07, 6.45) is 1.30. The molecule has 132 valence electrons. The molecule has 0 fully saturated rings. The number of benzene rings is 2. The van der Waals surface area contributed by atoms with Crippen LogP contribution in [-0.2, 0) is 11.3 Å². The Hall–Kier alpha value is -2.82. The molecule has 25 heavy (non-hydrogen) atoms. The van der Waals surface area contributed by atoms with Crippen LogP contribution in [-0.4, -0.2) is 18.9 Å². The second kappa shape index (κ2) is 8.87. The minimum atomic E-state index is -0.168. The Bertz CT molecular complexity index is 756. The topological polar surface area (TPSA) is 67.4 Å². The molecule has 0 unspecified atom stereocenters. The van der Waals surface area contributed by atoms with Gasteiger partial charge in [0.05, 0.1) is 7.11 Å². The molecule has 2 N–H and O–H groups in total. The summed E-state index contributed by atoms with van der Waals surface area (Å²) in [6.45, 7) is 4.27. The van der Waals surface area contributed by atoms with E-state index in [0.717, 1.165) is 23.2 Å². The molecule has 2 aromatic carbocycles. The molecule has 0 heterocycles. The molecule has 2 rings (SSSR count). The van der Waals surface area contributed by atoms with Crippen LogP contribution >= 0.6 is 0 Å². The second-order valence-corrected chi connectivity index (χ2v) is 5.87. The van der Waals surface area contributed by atoms with Crippen molar-refractivity contribution in [3.8, 4) is 5.75 Å². The van der Waals surface area contributed by atoms with E-state index >= 15 is 0 Å². The second-order valence-electron chi connectivity index (χ2n) is 5.87. The Morgan fingerprint density at radius 2 is 1.92 bits per heavy atom. The molecule has 2 aromatic rings. The van der Waals surface area contributed by atoms with Crippen molar-refractivity contribution in [2.75, 3.05) is 12.4 Å². The standard InChI is InChI=1S/C20H24N2O3/c1-4-6-19(23)22-17-8-5-7-15(11-17)13-21-20(24)16-10-9-14(2)18(12-16)25-3/h5,7-12H,4,6,13H2,1-3H3,(H,21,24)(H,22,23). The number of methoxy groups -OCH3 is 1. The van der Waals surface area contributed by atoms with Gasteiger partial charge in [-0.2, -0.15) is 0 Å². The first-order chi connectivity index (χ1) is 12.0.